The lowest BCUT2D eigenvalue weighted by Crippen LogP contribution is -2.40. The Balaban J connectivity index is 1.45. The molecule has 102 valence electrons. The maximum atomic E-state index is 12.1. The van der Waals surface area contributed by atoms with Crippen LogP contribution in [0.1, 0.15) is 64.7 Å². The lowest BCUT2D eigenvalue weighted by Gasteiger charge is -2.28. The van der Waals surface area contributed by atoms with Crippen LogP contribution in [0, 0.1) is 23.7 Å². The predicted octanol–water partition coefficient (Wildman–Crippen LogP) is 3.51. The maximum Gasteiger partial charge on any atom is 0.220 e. The summed E-state index contributed by atoms with van der Waals surface area (Å²) in [6, 6.07) is 0.411. The minimum atomic E-state index is 0.317. The van der Waals surface area contributed by atoms with Crippen molar-refractivity contribution in [1.82, 2.24) is 5.32 Å². The lowest BCUT2D eigenvalue weighted by atomic mass is 9.84. The predicted molar refractivity (Wildman–Crippen MR) is 73.1 cm³/mol. The molecule has 2 bridgehead atoms. The number of fused-ring (bicyclic) bond motifs is 2. The molecule has 0 radical (unpaired) electrons. The Kier molecular flexibility index (Phi) is 3.63. The van der Waals surface area contributed by atoms with Crippen molar-refractivity contribution in [2.24, 2.45) is 23.7 Å². The molecular weight excluding hydrogens is 222 g/mol. The highest BCUT2D eigenvalue weighted by Gasteiger charge is 2.42. The summed E-state index contributed by atoms with van der Waals surface area (Å²) >= 11 is 0. The number of nitrogens with one attached hydrogen (secondary N) is 1. The van der Waals surface area contributed by atoms with E-state index in [4.69, 9.17) is 0 Å². The Bertz CT molecular complexity index is 308. The molecule has 2 heteroatoms. The molecule has 1 N–H and O–H groups in total. The summed E-state index contributed by atoms with van der Waals surface area (Å²) in [5.41, 5.74) is 0. The molecule has 3 rings (SSSR count). The first-order valence-electron chi connectivity index (χ1n) is 8.01. The molecule has 0 saturated heterocycles. The van der Waals surface area contributed by atoms with Crippen LogP contribution in [0.25, 0.3) is 0 Å². The average Bonchev–Trinajstić information content (AvgIpc) is 3.04. The van der Waals surface area contributed by atoms with Gasteiger partial charge in [-0.15, -0.1) is 0 Å². The summed E-state index contributed by atoms with van der Waals surface area (Å²) in [6.45, 7) is 2.23. The Morgan fingerprint density at radius 3 is 2.56 bits per heavy atom. The first-order chi connectivity index (χ1) is 8.72. The second kappa shape index (κ2) is 5.22. The van der Waals surface area contributed by atoms with E-state index in [9.17, 15) is 4.79 Å². The van der Waals surface area contributed by atoms with Crippen molar-refractivity contribution >= 4 is 5.91 Å². The van der Waals surface area contributed by atoms with E-state index < -0.39 is 0 Å². The number of hydrogen-bond donors (Lipinski definition) is 1. The van der Waals surface area contributed by atoms with Crippen molar-refractivity contribution in [2.45, 2.75) is 70.8 Å². The molecule has 2 nitrogen and oxygen atoms in total. The Hall–Kier alpha value is -0.530. The molecule has 0 spiro atoms. The molecule has 3 saturated carbocycles. The van der Waals surface area contributed by atoms with Crippen LogP contribution >= 0.6 is 0 Å². The van der Waals surface area contributed by atoms with Crippen LogP contribution in [-0.4, -0.2) is 11.9 Å². The van der Waals surface area contributed by atoms with Gasteiger partial charge in [-0.3, -0.25) is 4.79 Å². The van der Waals surface area contributed by atoms with Crippen LogP contribution in [-0.2, 0) is 4.79 Å². The molecule has 4 atom stereocenters. The molecule has 1 amide bonds. The molecule has 18 heavy (non-hydrogen) atoms. The Labute approximate surface area is 111 Å². The first-order valence-corrected chi connectivity index (χ1v) is 8.01. The van der Waals surface area contributed by atoms with Crippen molar-refractivity contribution < 1.29 is 4.79 Å². The normalized spacial score (nSPS) is 37.1. The van der Waals surface area contributed by atoms with E-state index in [0.29, 0.717) is 17.9 Å². The van der Waals surface area contributed by atoms with Crippen molar-refractivity contribution in [3.63, 3.8) is 0 Å². The van der Waals surface area contributed by atoms with Crippen LogP contribution in [0.4, 0.5) is 0 Å². The number of amides is 1. The minimum Gasteiger partial charge on any atom is -0.353 e. The monoisotopic (exact) mass is 249 g/mol. The standard InChI is InChI=1S/C16H27NO/c1-11(15-9-13-6-7-14(15)8-13)17-16(18)10-12-4-2-3-5-12/h11-15H,2-10H2,1H3,(H,17,18)/t11-,13+,14+,15+/m1/s1. The molecule has 0 heterocycles. The van der Waals surface area contributed by atoms with E-state index in [2.05, 4.69) is 12.2 Å². The zero-order valence-corrected chi connectivity index (χ0v) is 11.7. The first kappa shape index (κ1) is 12.5. The van der Waals surface area contributed by atoms with Gasteiger partial charge in [0.05, 0.1) is 0 Å². The lowest BCUT2D eigenvalue weighted by molar-refractivity contribution is -0.123. The fourth-order valence-corrected chi connectivity index (χ4v) is 4.80. The molecule has 0 aliphatic heterocycles. The van der Waals surface area contributed by atoms with Crippen LogP contribution in [0.2, 0.25) is 0 Å². The second-order valence-electron chi connectivity index (χ2n) is 7.05. The highest BCUT2D eigenvalue weighted by atomic mass is 16.1. The van der Waals surface area contributed by atoms with Gasteiger partial charge in [0.25, 0.3) is 0 Å². The third kappa shape index (κ3) is 2.57. The van der Waals surface area contributed by atoms with Crippen molar-refractivity contribution in [2.75, 3.05) is 0 Å². The van der Waals surface area contributed by atoms with Crippen molar-refractivity contribution in [3.05, 3.63) is 0 Å². The van der Waals surface area contributed by atoms with Gasteiger partial charge in [0, 0.05) is 12.5 Å². The number of carbonyl (C=O) groups is 1. The third-order valence-corrected chi connectivity index (χ3v) is 5.77. The summed E-state index contributed by atoms with van der Waals surface area (Å²) in [4.78, 5) is 12.1. The van der Waals surface area contributed by atoms with Gasteiger partial charge in [-0.25, -0.2) is 0 Å². The SMILES string of the molecule is C[C@@H](NC(=O)CC1CCCC1)[C@@H]1C[C@H]2CC[C@H]1C2. The summed E-state index contributed by atoms with van der Waals surface area (Å²) < 4.78 is 0. The van der Waals surface area contributed by atoms with Crippen LogP contribution in [0.3, 0.4) is 0 Å². The highest BCUT2D eigenvalue weighted by Crippen LogP contribution is 2.49. The van der Waals surface area contributed by atoms with Crippen LogP contribution in [0.15, 0.2) is 0 Å². The van der Waals surface area contributed by atoms with E-state index in [1.165, 1.54) is 51.4 Å². The molecule has 0 aromatic rings. The van der Waals surface area contributed by atoms with Crippen molar-refractivity contribution in [1.29, 1.82) is 0 Å². The van der Waals surface area contributed by atoms with Gasteiger partial charge in [-0.05, 0) is 62.7 Å². The fourth-order valence-electron chi connectivity index (χ4n) is 4.80. The molecule has 3 aliphatic rings. The molecule has 3 aliphatic carbocycles. The second-order valence-corrected chi connectivity index (χ2v) is 7.05. The molecule has 0 aromatic heterocycles. The zero-order valence-electron chi connectivity index (χ0n) is 11.7. The summed E-state index contributed by atoms with van der Waals surface area (Å²) in [6.07, 6.45) is 11.7. The van der Waals surface area contributed by atoms with E-state index in [-0.39, 0.29) is 0 Å². The summed E-state index contributed by atoms with van der Waals surface area (Å²) in [5.74, 6) is 3.66. The quantitative estimate of drug-likeness (QED) is 0.811. The zero-order chi connectivity index (χ0) is 12.5. The van der Waals surface area contributed by atoms with Gasteiger partial charge in [-0.1, -0.05) is 19.3 Å². The van der Waals surface area contributed by atoms with Crippen LogP contribution < -0.4 is 5.32 Å². The van der Waals surface area contributed by atoms with Gasteiger partial charge in [-0.2, -0.15) is 0 Å². The van der Waals surface area contributed by atoms with Gasteiger partial charge in [0.15, 0.2) is 0 Å². The van der Waals surface area contributed by atoms with E-state index >= 15 is 0 Å². The molecule has 3 fully saturated rings. The Morgan fingerprint density at radius 1 is 1.17 bits per heavy atom. The number of carbonyl (C=O) groups excluding carboxylic acids is 1. The van der Waals surface area contributed by atoms with E-state index in [1.54, 1.807) is 0 Å². The van der Waals surface area contributed by atoms with E-state index in [1.807, 2.05) is 0 Å². The average molecular weight is 249 g/mol. The molecular formula is C16H27NO. The topological polar surface area (TPSA) is 29.1 Å². The number of hydrogen-bond acceptors (Lipinski definition) is 1. The molecule has 0 unspecified atom stereocenters. The number of rotatable bonds is 4. The largest absolute Gasteiger partial charge is 0.353 e. The van der Waals surface area contributed by atoms with Gasteiger partial charge < -0.3 is 5.32 Å². The summed E-state index contributed by atoms with van der Waals surface area (Å²) in [5, 5.41) is 3.29. The van der Waals surface area contributed by atoms with E-state index in [0.717, 1.165) is 24.2 Å². The smallest absolute Gasteiger partial charge is 0.220 e. The minimum absolute atomic E-state index is 0.317. The van der Waals surface area contributed by atoms with Gasteiger partial charge in [0.1, 0.15) is 0 Å². The maximum absolute atomic E-state index is 12.1. The summed E-state index contributed by atoms with van der Waals surface area (Å²) in [7, 11) is 0. The Morgan fingerprint density at radius 2 is 1.94 bits per heavy atom. The van der Waals surface area contributed by atoms with Gasteiger partial charge >= 0.3 is 0 Å². The molecule has 0 aromatic carbocycles. The van der Waals surface area contributed by atoms with Gasteiger partial charge in [0.2, 0.25) is 5.91 Å². The van der Waals surface area contributed by atoms with Crippen molar-refractivity contribution in [3.8, 4) is 0 Å². The highest BCUT2D eigenvalue weighted by molar-refractivity contribution is 5.76. The van der Waals surface area contributed by atoms with Crippen LogP contribution in [0.5, 0.6) is 0 Å². The fraction of sp³-hybridized carbons (Fsp3) is 0.938. The third-order valence-electron chi connectivity index (χ3n) is 5.77.